The summed E-state index contributed by atoms with van der Waals surface area (Å²) in [6, 6.07) is 6.29. The first-order valence-electron chi connectivity index (χ1n) is 8.99. The SMILES string of the molecule is Cc1ccc(CNC(=O)C2CCCC(N)C2)c(OC2CCOC2)c1. The lowest BCUT2D eigenvalue weighted by atomic mass is 9.85. The van der Waals surface area contributed by atoms with Crippen LogP contribution in [-0.4, -0.2) is 31.3 Å². The summed E-state index contributed by atoms with van der Waals surface area (Å²) in [7, 11) is 0. The summed E-state index contributed by atoms with van der Waals surface area (Å²) in [5.41, 5.74) is 8.16. The Balaban J connectivity index is 1.60. The van der Waals surface area contributed by atoms with Crippen LogP contribution in [0.3, 0.4) is 0 Å². The Morgan fingerprint density at radius 1 is 1.38 bits per heavy atom. The molecule has 0 spiro atoms. The third-order valence-electron chi connectivity index (χ3n) is 4.94. The molecule has 0 radical (unpaired) electrons. The van der Waals surface area contributed by atoms with Gasteiger partial charge in [-0.3, -0.25) is 4.79 Å². The van der Waals surface area contributed by atoms with Gasteiger partial charge in [-0.05, 0) is 37.8 Å². The van der Waals surface area contributed by atoms with Crippen LogP contribution in [0.15, 0.2) is 18.2 Å². The van der Waals surface area contributed by atoms with Crippen LogP contribution in [0.2, 0.25) is 0 Å². The van der Waals surface area contributed by atoms with E-state index in [0.29, 0.717) is 13.2 Å². The second-order valence-corrected chi connectivity index (χ2v) is 7.06. The van der Waals surface area contributed by atoms with E-state index < -0.39 is 0 Å². The average molecular weight is 332 g/mol. The number of hydrogen-bond acceptors (Lipinski definition) is 4. The zero-order chi connectivity index (χ0) is 16.9. The summed E-state index contributed by atoms with van der Waals surface area (Å²) in [5, 5.41) is 3.07. The molecule has 2 aliphatic rings. The summed E-state index contributed by atoms with van der Waals surface area (Å²) in [5.74, 6) is 1.01. The van der Waals surface area contributed by atoms with Crippen molar-refractivity contribution in [2.75, 3.05) is 13.2 Å². The molecule has 1 saturated carbocycles. The van der Waals surface area contributed by atoms with Crippen LogP contribution in [0, 0.1) is 12.8 Å². The van der Waals surface area contributed by atoms with E-state index >= 15 is 0 Å². The second kappa shape index (κ2) is 7.99. The molecule has 1 saturated heterocycles. The van der Waals surface area contributed by atoms with Crippen LogP contribution in [0.5, 0.6) is 5.75 Å². The number of amides is 1. The molecule has 3 N–H and O–H groups in total. The molecule has 1 aromatic rings. The molecule has 3 unspecified atom stereocenters. The van der Waals surface area contributed by atoms with E-state index in [4.69, 9.17) is 15.2 Å². The van der Waals surface area contributed by atoms with Crippen molar-refractivity contribution < 1.29 is 14.3 Å². The monoisotopic (exact) mass is 332 g/mol. The molecule has 0 bridgehead atoms. The highest BCUT2D eigenvalue weighted by atomic mass is 16.5. The number of carbonyl (C=O) groups is 1. The molecule has 0 aromatic heterocycles. The number of nitrogens with two attached hydrogens (primary N) is 1. The summed E-state index contributed by atoms with van der Waals surface area (Å²) in [6.45, 7) is 3.93. The van der Waals surface area contributed by atoms with Crippen LogP contribution in [-0.2, 0) is 16.1 Å². The van der Waals surface area contributed by atoms with E-state index in [1.54, 1.807) is 0 Å². The van der Waals surface area contributed by atoms with Gasteiger partial charge in [-0.2, -0.15) is 0 Å². The van der Waals surface area contributed by atoms with Crippen LogP contribution >= 0.6 is 0 Å². The quantitative estimate of drug-likeness (QED) is 0.868. The van der Waals surface area contributed by atoms with Gasteiger partial charge in [-0.1, -0.05) is 18.6 Å². The molecule has 1 heterocycles. The van der Waals surface area contributed by atoms with E-state index in [-0.39, 0.29) is 24.0 Å². The zero-order valence-electron chi connectivity index (χ0n) is 14.4. The molecular weight excluding hydrogens is 304 g/mol. The van der Waals surface area contributed by atoms with E-state index in [0.717, 1.165) is 55.6 Å². The zero-order valence-corrected chi connectivity index (χ0v) is 14.4. The molecule has 1 aliphatic carbocycles. The molecule has 3 rings (SSSR count). The van der Waals surface area contributed by atoms with Crippen molar-refractivity contribution >= 4 is 5.91 Å². The molecule has 2 fully saturated rings. The standard InChI is InChI=1S/C19H28N2O3/c1-13-5-6-15(18(9-13)24-17-7-8-23-12-17)11-21-19(22)14-3-2-4-16(20)10-14/h5-6,9,14,16-17H,2-4,7-8,10-12,20H2,1H3,(H,21,22). The van der Waals surface area contributed by atoms with Gasteiger partial charge >= 0.3 is 0 Å². The maximum atomic E-state index is 12.4. The molecule has 1 amide bonds. The molecule has 1 aliphatic heterocycles. The predicted octanol–water partition coefficient (Wildman–Crippen LogP) is 2.30. The minimum Gasteiger partial charge on any atom is -0.488 e. The van der Waals surface area contributed by atoms with Crippen molar-refractivity contribution in [1.82, 2.24) is 5.32 Å². The van der Waals surface area contributed by atoms with Crippen LogP contribution in [0.25, 0.3) is 0 Å². The number of hydrogen-bond donors (Lipinski definition) is 2. The summed E-state index contributed by atoms with van der Waals surface area (Å²) in [6.07, 6.45) is 4.83. The van der Waals surface area contributed by atoms with Gasteiger partial charge in [0.1, 0.15) is 11.9 Å². The first-order valence-corrected chi connectivity index (χ1v) is 8.99. The van der Waals surface area contributed by atoms with E-state index in [1.807, 2.05) is 19.1 Å². The minimum atomic E-state index is 0.0480. The fourth-order valence-corrected chi connectivity index (χ4v) is 3.50. The topological polar surface area (TPSA) is 73.6 Å². The highest BCUT2D eigenvalue weighted by molar-refractivity contribution is 5.78. The summed E-state index contributed by atoms with van der Waals surface area (Å²) >= 11 is 0. The molecule has 24 heavy (non-hydrogen) atoms. The maximum Gasteiger partial charge on any atom is 0.223 e. The van der Waals surface area contributed by atoms with Gasteiger partial charge in [-0.25, -0.2) is 0 Å². The van der Waals surface area contributed by atoms with Gasteiger partial charge in [0.2, 0.25) is 5.91 Å². The highest BCUT2D eigenvalue weighted by Gasteiger charge is 2.25. The largest absolute Gasteiger partial charge is 0.488 e. The lowest BCUT2D eigenvalue weighted by molar-refractivity contribution is -0.126. The van der Waals surface area contributed by atoms with Crippen molar-refractivity contribution in [1.29, 1.82) is 0 Å². The third kappa shape index (κ3) is 4.48. The molecule has 132 valence electrons. The van der Waals surface area contributed by atoms with E-state index in [2.05, 4.69) is 11.4 Å². The van der Waals surface area contributed by atoms with Crippen LogP contribution < -0.4 is 15.8 Å². The number of rotatable bonds is 5. The minimum absolute atomic E-state index is 0.0480. The van der Waals surface area contributed by atoms with Gasteiger partial charge in [-0.15, -0.1) is 0 Å². The Hall–Kier alpha value is -1.59. The number of benzene rings is 1. The average Bonchev–Trinajstić information content (AvgIpc) is 3.07. The van der Waals surface area contributed by atoms with E-state index in [1.165, 1.54) is 0 Å². The smallest absolute Gasteiger partial charge is 0.223 e. The first kappa shape index (κ1) is 17.2. The number of aryl methyl sites for hydroxylation is 1. The van der Waals surface area contributed by atoms with Crippen molar-refractivity contribution in [2.24, 2.45) is 11.7 Å². The molecule has 3 atom stereocenters. The van der Waals surface area contributed by atoms with Crippen LogP contribution in [0.4, 0.5) is 0 Å². The van der Waals surface area contributed by atoms with Crippen molar-refractivity contribution in [3.8, 4) is 5.75 Å². The normalized spacial score (nSPS) is 27.0. The Kier molecular flexibility index (Phi) is 5.74. The second-order valence-electron chi connectivity index (χ2n) is 7.06. The Bertz CT molecular complexity index is 570. The Morgan fingerprint density at radius 2 is 2.25 bits per heavy atom. The Labute approximate surface area is 143 Å². The predicted molar refractivity (Wildman–Crippen MR) is 92.8 cm³/mol. The fourth-order valence-electron chi connectivity index (χ4n) is 3.50. The fraction of sp³-hybridized carbons (Fsp3) is 0.632. The highest BCUT2D eigenvalue weighted by Crippen LogP contribution is 2.25. The lowest BCUT2D eigenvalue weighted by Crippen LogP contribution is -2.37. The summed E-state index contributed by atoms with van der Waals surface area (Å²) < 4.78 is 11.5. The van der Waals surface area contributed by atoms with Crippen molar-refractivity contribution in [3.63, 3.8) is 0 Å². The van der Waals surface area contributed by atoms with Gasteiger partial charge in [0, 0.05) is 30.5 Å². The maximum absolute atomic E-state index is 12.4. The van der Waals surface area contributed by atoms with Gasteiger partial charge in [0.15, 0.2) is 0 Å². The molecule has 5 nitrogen and oxygen atoms in total. The molecule has 1 aromatic carbocycles. The summed E-state index contributed by atoms with van der Waals surface area (Å²) in [4.78, 5) is 12.4. The molecular formula is C19H28N2O3. The number of carbonyl (C=O) groups excluding carboxylic acids is 1. The van der Waals surface area contributed by atoms with Gasteiger partial charge < -0.3 is 20.5 Å². The Morgan fingerprint density at radius 3 is 3.00 bits per heavy atom. The number of ether oxygens (including phenoxy) is 2. The van der Waals surface area contributed by atoms with Crippen LogP contribution in [0.1, 0.15) is 43.2 Å². The van der Waals surface area contributed by atoms with E-state index in [9.17, 15) is 4.79 Å². The van der Waals surface area contributed by atoms with Crippen molar-refractivity contribution in [3.05, 3.63) is 29.3 Å². The third-order valence-corrected chi connectivity index (χ3v) is 4.94. The first-order chi connectivity index (χ1) is 11.6. The van der Waals surface area contributed by atoms with Gasteiger partial charge in [0.05, 0.1) is 13.2 Å². The van der Waals surface area contributed by atoms with Crippen molar-refractivity contribution in [2.45, 2.75) is 57.7 Å². The lowest BCUT2D eigenvalue weighted by Gasteiger charge is -2.26. The van der Waals surface area contributed by atoms with Gasteiger partial charge in [0.25, 0.3) is 0 Å². The molecule has 5 heteroatoms. The number of nitrogens with one attached hydrogen (secondary N) is 1.